The van der Waals surface area contributed by atoms with E-state index in [1.54, 1.807) is 12.4 Å². The quantitative estimate of drug-likeness (QED) is 0.799. The zero-order valence-corrected chi connectivity index (χ0v) is 10.3. The van der Waals surface area contributed by atoms with E-state index < -0.39 is 0 Å². The zero-order valence-electron chi connectivity index (χ0n) is 10.3. The molecule has 0 saturated carbocycles. The average Bonchev–Trinajstić information content (AvgIpc) is 2.87. The topological polar surface area (TPSA) is 67.9 Å². The Balaban J connectivity index is 1.76. The predicted octanol–water partition coefficient (Wildman–Crippen LogP) is 1.55. The lowest BCUT2D eigenvalue weighted by atomic mass is 9.98. The number of nitrogens with zero attached hydrogens (tertiary/aromatic N) is 5. The Morgan fingerprint density at radius 3 is 2.89 bits per heavy atom. The van der Waals surface area contributed by atoms with E-state index in [-0.39, 0.29) is 5.92 Å². The van der Waals surface area contributed by atoms with Crippen LogP contribution >= 0.6 is 0 Å². The number of aryl methyl sites for hydroxylation is 1. The highest BCUT2D eigenvalue weighted by Crippen LogP contribution is 2.27. The van der Waals surface area contributed by atoms with Crippen molar-refractivity contribution in [2.24, 2.45) is 0 Å². The van der Waals surface area contributed by atoms with Crippen LogP contribution in [0.5, 0.6) is 0 Å². The van der Waals surface area contributed by atoms with Crippen LogP contribution in [-0.2, 0) is 0 Å². The molecule has 3 heterocycles. The molecule has 0 aliphatic carbocycles. The maximum absolute atomic E-state index is 5.26. The minimum absolute atomic E-state index is 0.281. The molecule has 0 N–H and O–H groups in total. The van der Waals surface area contributed by atoms with Gasteiger partial charge < -0.3 is 9.42 Å². The lowest BCUT2D eigenvalue weighted by molar-refractivity contribution is 0.330. The maximum Gasteiger partial charge on any atom is 0.231 e. The smallest absolute Gasteiger partial charge is 0.231 e. The van der Waals surface area contributed by atoms with Gasteiger partial charge in [-0.2, -0.15) is 4.98 Å². The lowest BCUT2D eigenvalue weighted by Crippen LogP contribution is -2.35. The van der Waals surface area contributed by atoms with Gasteiger partial charge in [-0.05, 0) is 25.8 Å². The van der Waals surface area contributed by atoms with E-state index >= 15 is 0 Å². The van der Waals surface area contributed by atoms with Crippen LogP contribution in [0.1, 0.15) is 30.5 Å². The largest absolute Gasteiger partial charge is 0.340 e. The molecule has 3 rings (SSSR count). The van der Waals surface area contributed by atoms with Crippen LogP contribution in [0.4, 0.5) is 5.95 Å². The van der Waals surface area contributed by atoms with Gasteiger partial charge in [0.25, 0.3) is 0 Å². The Kier molecular flexibility index (Phi) is 2.92. The van der Waals surface area contributed by atoms with Crippen molar-refractivity contribution < 1.29 is 4.52 Å². The summed E-state index contributed by atoms with van der Waals surface area (Å²) in [6, 6.07) is 1.83. The summed E-state index contributed by atoms with van der Waals surface area (Å²) in [7, 11) is 0. The van der Waals surface area contributed by atoms with E-state index in [1.165, 1.54) is 0 Å². The SMILES string of the molecule is Cc1noc([C@@H]2CCCN(c3ncccn3)C2)n1. The number of hydrogen-bond acceptors (Lipinski definition) is 6. The molecule has 2 aromatic rings. The summed E-state index contributed by atoms with van der Waals surface area (Å²) in [5.41, 5.74) is 0. The molecule has 0 bridgehead atoms. The summed E-state index contributed by atoms with van der Waals surface area (Å²) in [4.78, 5) is 15.1. The Labute approximate surface area is 105 Å². The summed E-state index contributed by atoms with van der Waals surface area (Å²) < 4.78 is 5.26. The molecule has 2 aromatic heterocycles. The molecule has 1 aliphatic heterocycles. The molecule has 1 atom stereocenters. The first kappa shape index (κ1) is 11.1. The summed E-state index contributed by atoms with van der Waals surface area (Å²) in [5.74, 6) is 2.48. The number of hydrogen-bond donors (Lipinski definition) is 0. The van der Waals surface area contributed by atoms with Crippen molar-refractivity contribution >= 4 is 5.95 Å². The van der Waals surface area contributed by atoms with Gasteiger partial charge in [0.15, 0.2) is 5.82 Å². The molecule has 18 heavy (non-hydrogen) atoms. The summed E-state index contributed by atoms with van der Waals surface area (Å²) >= 11 is 0. The highest BCUT2D eigenvalue weighted by Gasteiger charge is 2.26. The van der Waals surface area contributed by atoms with Gasteiger partial charge in [0.05, 0.1) is 5.92 Å². The predicted molar refractivity (Wildman–Crippen MR) is 65.3 cm³/mol. The van der Waals surface area contributed by atoms with Gasteiger partial charge >= 0.3 is 0 Å². The first-order valence-corrected chi connectivity index (χ1v) is 6.15. The molecular weight excluding hydrogens is 230 g/mol. The van der Waals surface area contributed by atoms with Crippen molar-refractivity contribution in [3.8, 4) is 0 Å². The van der Waals surface area contributed by atoms with E-state index in [0.717, 1.165) is 37.8 Å². The van der Waals surface area contributed by atoms with Gasteiger partial charge in [0.1, 0.15) is 0 Å². The van der Waals surface area contributed by atoms with Gasteiger partial charge in [0.2, 0.25) is 11.8 Å². The highest BCUT2D eigenvalue weighted by atomic mass is 16.5. The van der Waals surface area contributed by atoms with E-state index in [4.69, 9.17) is 4.52 Å². The number of aromatic nitrogens is 4. The fourth-order valence-electron chi connectivity index (χ4n) is 2.29. The van der Waals surface area contributed by atoms with Crippen LogP contribution in [-0.4, -0.2) is 33.2 Å². The minimum Gasteiger partial charge on any atom is -0.340 e. The standard InChI is InChI=1S/C12H15N5O/c1-9-15-11(18-16-9)10-4-2-7-17(8-10)12-13-5-3-6-14-12/h3,5-6,10H,2,4,7-8H2,1H3/t10-/m1/s1. The Morgan fingerprint density at radius 2 is 2.17 bits per heavy atom. The van der Waals surface area contributed by atoms with Gasteiger partial charge in [0, 0.05) is 25.5 Å². The van der Waals surface area contributed by atoms with E-state index in [1.807, 2.05) is 13.0 Å². The van der Waals surface area contributed by atoms with Gasteiger partial charge in [-0.15, -0.1) is 0 Å². The molecule has 6 nitrogen and oxygen atoms in total. The van der Waals surface area contributed by atoms with E-state index in [2.05, 4.69) is 25.0 Å². The molecule has 0 unspecified atom stereocenters. The first-order valence-electron chi connectivity index (χ1n) is 6.15. The van der Waals surface area contributed by atoms with Crippen molar-refractivity contribution in [2.75, 3.05) is 18.0 Å². The maximum atomic E-state index is 5.26. The molecule has 1 saturated heterocycles. The van der Waals surface area contributed by atoms with Crippen LogP contribution in [0.3, 0.4) is 0 Å². The Morgan fingerprint density at radius 1 is 1.33 bits per heavy atom. The number of anilines is 1. The van der Waals surface area contributed by atoms with E-state index in [9.17, 15) is 0 Å². The average molecular weight is 245 g/mol. The monoisotopic (exact) mass is 245 g/mol. The summed E-state index contributed by atoms with van der Waals surface area (Å²) in [6.07, 6.45) is 5.70. The molecule has 0 radical (unpaired) electrons. The number of piperidine rings is 1. The molecule has 1 aliphatic rings. The van der Waals surface area contributed by atoms with E-state index in [0.29, 0.717) is 5.82 Å². The third kappa shape index (κ3) is 2.18. The van der Waals surface area contributed by atoms with Gasteiger partial charge in [-0.1, -0.05) is 5.16 Å². The van der Waals surface area contributed by atoms with Crippen LogP contribution in [0, 0.1) is 6.92 Å². The van der Waals surface area contributed by atoms with Crippen molar-refractivity contribution in [1.82, 2.24) is 20.1 Å². The van der Waals surface area contributed by atoms with Crippen molar-refractivity contribution in [1.29, 1.82) is 0 Å². The molecule has 6 heteroatoms. The third-order valence-electron chi connectivity index (χ3n) is 3.15. The first-order chi connectivity index (χ1) is 8.83. The molecule has 0 spiro atoms. The Bertz CT molecular complexity index is 512. The fraction of sp³-hybridized carbons (Fsp3) is 0.500. The van der Waals surface area contributed by atoms with Crippen LogP contribution in [0.15, 0.2) is 23.0 Å². The van der Waals surface area contributed by atoms with Crippen LogP contribution in [0.25, 0.3) is 0 Å². The fourth-order valence-corrected chi connectivity index (χ4v) is 2.29. The van der Waals surface area contributed by atoms with Gasteiger partial charge in [-0.3, -0.25) is 0 Å². The van der Waals surface area contributed by atoms with Crippen LogP contribution < -0.4 is 4.90 Å². The molecule has 94 valence electrons. The molecule has 0 aromatic carbocycles. The minimum atomic E-state index is 0.281. The second-order valence-electron chi connectivity index (χ2n) is 4.51. The second-order valence-corrected chi connectivity index (χ2v) is 4.51. The lowest BCUT2D eigenvalue weighted by Gasteiger charge is -2.30. The Hall–Kier alpha value is -1.98. The highest BCUT2D eigenvalue weighted by molar-refractivity contribution is 5.30. The van der Waals surface area contributed by atoms with Crippen molar-refractivity contribution in [3.05, 3.63) is 30.2 Å². The van der Waals surface area contributed by atoms with Gasteiger partial charge in [-0.25, -0.2) is 9.97 Å². The van der Waals surface area contributed by atoms with Crippen molar-refractivity contribution in [3.63, 3.8) is 0 Å². The third-order valence-corrected chi connectivity index (χ3v) is 3.15. The number of rotatable bonds is 2. The van der Waals surface area contributed by atoms with Crippen LogP contribution in [0.2, 0.25) is 0 Å². The summed E-state index contributed by atoms with van der Waals surface area (Å²) in [5, 5.41) is 3.85. The summed E-state index contributed by atoms with van der Waals surface area (Å²) in [6.45, 7) is 3.66. The zero-order chi connectivity index (χ0) is 12.4. The molecule has 0 amide bonds. The normalized spacial score (nSPS) is 20.1. The van der Waals surface area contributed by atoms with Crippen molar-refractivity contribution in [2.45, 2.75) is 25.7 Å². The molecular formula is C12H15N5O. The second kappa shape index (κ2) is 4.72. The molecule has 1 fully saturated rings.